The predicted octanol–water partition coefficient (Wildman–Crippen LogP) is 5.65. The summed E-state index contributed by atoms with van der Waals surface area (Å²) in [6.45, 7) is 6.97. The van der Waals surface area contributed by atoms with Crippen molar-refractivity contribution in [3.63, 3.8) is 0 Å². The van der Waals surface area contributed by atoms with Crippen LogP contribution in [-0.2, 0) is 0 Å². The van der Waals surface area contributed by atoms with Gasteiger partial charge in [0.15, 0.2) is 0 Å². The average Bonchev–Trinajstić information content (AvgIpc) is 3.31. The molecule has 0 bridgehead atoms. The number of hydrogen-bond donors (Lipinski definition) is 1. The van der Waals surface area contributed by atoms with Crippen LogP contribution < -0.4 is 10.1 Å². The molecule has 0 unspecified atom stereocenters. The second kappa shape index (κ2) is 10.3. The Hall–Kier alpha value is -3.26. The topological polar surface area (TPSA) is 71.5 Å². The number of thiazole rings is 1. The van der Waals surface area contributed by atoms with Gasteiger partial charge in [-0.25, -0.2) is 9.37 Å². The molecule has 0 saturated carbocycles. The lowest BCUT2D eigenvalue weighted by atomic mass is 9.97. The van der Waals surface area contributed by atoms with Crippen molar-refractivity contribution in [1.82, 2.24) is 9.88 Å². The van der Waals surface area contributed by atoms with Gasteiger partial charge in [0.25, 0.3) is 11.8 Å². The number of benzene rings is 2. The molecule has 178 valence electrons. The first-order valence-electron chi connectivity index (χ1n) is 11.4. The molecule has 2 heterocycles. The Bertz CT molecular complexity index is 1170. The van der Waals surface area contributed by atoms with Crippen molar-refractivity contribution >= 4 is 28.8 Å². The predicted molar refractivity (Wildman–Crippen MR) is 131 cm³/mol. The summed E-state index contributed by atoms with van der Waals surface area (Å²) >= 11 is 1.43. The van der Waals surface area contributed by atoms with E-state index >= 15 is 0 Å². The van der Waals surface area contributed by atoms with E-state index in [9.17, 15) is 14.0 Å². The Morgan fingerprint density at radius 2 is 1.85 bits per heavy atom. The summed E-state index contributed by atoms with van der Waals surface area (Å²) in [5.41, 5.74) is 1.85. The molecule has 1 N–H and O–H groups in total. The van der Waals surface area contributed by atoms with Gasteiger partial charge in [-0.15, -0.1) is 11.3 Å². The van der Waals surface area contributed by atoms with Crippen LogP contribution in [0.3, 0.4) is 0 Å². The van der Waals surface area contributed by atoms with Gasteiger partial charge in [0.05, 0.1) is 16.8 Å². The van der Waals surface area contributed by atoms with Crippen LogP contribution >= 0.6 is 11.3 Å². The number of aryl methyl sites for hydroxylation is 1. The van der Waals surface area contributed by atoms with Crippen molar-refractivity contribution in [3.8, 4) is 5.75 Å². The molecule has 0 aliphatic carbocycles. The molecular formula is C26H28FN3O3S. The number of rotatable bonds is 6. The summed E-state index contributed by atoms with van der Waals surface area (Å²) in [5, 5.41) is 5.17. The monoisotopic (exact) mass is 481 g/mol. The van der Waals surface area contributed by atoms with Crippen LogP contribution in [-0.4, -0.2) is 40.9 Å². The first-order chi connectivity index (χ1) is 16.3. The molecule has 6 nitrogen and oxygen atoms in total. The zero-order valence-corrected chi connectivity index (χ0v) is 20.3. The molecule has 0 radical (unpaired) electrons. The minimum Gasteiger partial charge on any atom is -0.491 e. The third kappa shape index (κ3) is 5.62. The van der Waals surface area contributed by atoms with E-state index < -0.39 is 11.7 Å². The number of likely N-dealkylation sites (tertiary alicyclic amines) is 1. The van der Waals surface area contributed by atoms with Crippen molar-refractivity contribution in [3.05, 3.63) is 75.5 Å². The number of carbonyl (C=O) groups is 2. The quantitative estimate of drug-likeness (QED) is 0.494. The third-order valence-corrected chi connectivity index (χ3v) is 6.74. The van der Waals surface area contributed by atoms with E-state index in [0.717, 1.165) is 29.2 Å². The fraction of sp³-hybridized carbons (Fsp3) is 0.346. The van der Waals surface area contributed by atoms with Gasteiger partial charge < -0.3 is 15.0 Å². The fourth-order valence-electron chi connectivity index (χ4n) is 3.95. The van der Waals surface area contributed by atoms with Gasteiger partial charge in [-0.2, -0.15) is 0 Å². The maximum atomic E-state index is 14.0. The minimum absolute atomic E-state index is 0.00822. The van der Waals surface area contributed by atoms with E-state index in [2.05, 4.69) is 10.3 Å². The summed E-state index contributed by atoms with van der Waals surface area (Å²) < 4.78 is 19.7. The second-order valence-electron chi connectivity index (χ2n) is 8.77. The molecule has 2 amide bonds. The van der Waals surface area contributed by atoms with Gasteiger partial charge >= 0.3 is 0 Å². The number of aromatic nitrogens is 1. The maximum Gasteiger partial charge on any atom is 0.275 e. The number of nitrogens with one attached hydrogen (secondary N) is 1. The molecule has 1 aliphatic heterocycles. The van der Waals surface area contributed by atoms with E-state index in [1.807, 2.05) is 30.9 Å². The smallest absolute Gasteiger partial charge is 0.275 e. The van der Waals surface area contributed by atoms with Gasteiger partial charge in [0, 0.05) is 30.0 Å². The maximum absolute atomic E-state index is 14.0. The molecule has 1 fully saturated rings. The van der Waals surface area contributed by atoms with Crippen molar-refractivity contribution < 1.29 is 18.7 Å². The van der Waals surface area contributed by atoms with Crippen molar-refractivity contribution in [1.29, 1.82) is 0 Å². The van der Waals surface area contributed by atoms with E-state index in [4.69, 9.17) is 4.74 Å². The fourth-order valence-corrected chi connectivity index (χ4v) is 4.92. The Morgan fingerprint density at radius 3 is 2.50 bits per heavy atom. The van der Waals surface area contributed by atoms with E-state index in [-0.39, 0.29) is 29.3 Å². The highest BCUT2D eigenvalue weighted by molar-refractivity contribution is 7.10. The lowest BCUT2D eigenvalue weighted by Crippen LogP contribution is -2.37. The molecule has 34 heavy (non-hydrogen) atoms. The first kappa shape index (κ1) is 23.9. The molecule has 1 aromatic heterocycles. The van der Waals surface area contributed by atoms with Crippen molar-refractivity contribution in [2.75, 3.05) is 18.4 Å². The molecule has 1 aliphatic rings. The Kier molecular flexibility index (Phi) is 7.26. The number of halogens is 1. The number of ether oxygens (including phenoxy) is 1. The van der Waals surface area contributed by atoms with Crippen LogP contribution in [0.1, 0.15) is 64.0 Å². The molecule has 3 aromatic rings. The molecule has 0 atom stereocenters. The number of amides is 2. The van der Waals surface area contributed by atoms with Crippen molar-refractivity contribution in [2.45, 2.75) is 45.6 Å². The number of carbonyl (C=O) groups excluding carboxylic acids is 2. The van der Waals surface area contributed by atoms with E-state index in [0.29, 0.717) is 18.7 Å². The molecule has 1 saturated heterocycles. The second-order valence-corrected chi connectivity index (χ2v) is 9.66. The van der Waals surface area contributed by atoms with Gasteiger partial charge in [-0.3, -0.25) is 9.59 Å². The van der Waals surface area contributed by atoms with Gasteiger partial charge in [0.1, 0.15) is 17.3 Å². The van der Waals surface area contributed by atoms with Crippen LogP contribution in [0.4, 0.5) is 10.1 Å². The summed E-state index contributed by atoms with van der Waals surface area (Å²) in [6.07, 6.45) is 1.64. The zero-order chi connectivity index (χ0) is 24.2. The van der Waals surface area contributed by atoms with E-state index in [1.54, 1.807) is 36.6 Å². The lowest BCUT2D eigenvalue weighted by molar-refractivity contribution is 0.0713. The van der Waals surface area contributed by atoms with Crippen LogP contribution in [0.5, 0.6) is 5.75 Å². The normalized spacial score (nSPS) is 14.3. The average molecular weight is 482 g/mol. The summed E-state index contributed by atoms with van der Waals surface area (Å²) in [7, 11) is 0. The van der Waals surface area contributed by atoms with Crippen LogP contribution in [0.25, 0.3) is 0 Å². The molecular weight excluding hydrogens is 453 g/mol. The summed E-state index contributed by atoms with van der Waals surface area (Å²) in [4.78, 5) is 31.8. The first-order valence-corrected chi connectivity index (χ1v) is 12.3. The highest BCUT2D eigenvalue weighted by atomic mass is 32.1. The highest BCUT2D eigenvalue weighted by Gasteiger charge is 2.27. The largest absolute Gasteiger partial charge is 0.491 e. The Labute approximate surface area is 202 Å². The van der Waals surface area contributed by atoms with Crippen LogP contribution in [0.15, 0.2) is 47.8 Å². The summed E-state index contributed by atoms with van der Waals surface area (Å²) in [5.74, 6) is 0.0482. The number of piperidine rings is 1. The minimum atomic E-state index is -0.470. The highest BCUT2D eigenvalue weighted by Crippen LogP contribution is 2.31. The zero-order valence-electron chi connectivity index (χ0n) is 19.5. The van der Waals surface area contributed by atoms with Gasteiger partial charge in [-0.05, 0) is 75.6 Å². The number of hydrogen-bond acceptors (Lipinski definition) is 5. The lowest BCUT2D eigenvalue weighted by Gasteiger charge is -2.31. The number of nitrogens with zero attached hydrogens (tertiary/aromatic N) is 2. The Morgan fingerprint density at radius 1 is 1.15 bits per heavy atom. The van der Waals surface area contributed by atoms with Gasteiger partial charge in [-0.1, -0.05) is 6.07 Å². The summed E-state index contributed by atoms with van der Waals surface area (Å²) in [6, 6.07) is 11.9. The SMILES string of the molecule is Cc1ccc(NC(=O)c2csc(C3CCN(C(=O)c4ccc(OC(C)C)cc4)CC3)n2)c(F)c1. The molecule has 8 heteroatoms. The molecule has 2 aromatic carbocycles. The van der Waals surface area contributed by atoms with Crippen LogP contribution in [0, 0.1) is 12.7 Å². The van der Waals surface area contributed by atoms with Crippen LogP contribution in [0.2, 0.25) is 0 Å². The molecule has 4 rings (SSSR count). The van der Waals surface area contributed by atoms with Gasteiger partial charge in [0.2, 0.25) is 0 Å². The number of anilines is 1. The van der Waals surface area contributed by atoms with E-state index in [1.165, 1.54) is 17.4 Å². The third-order valence-electron chi connectivity index (χ3n) is 5.73. The Balaban J connectivity index is 1.33. The van der Waals surface area contributed by atoms with Crippen molar-refractivity contribution in [2.24, 2.45) is 0 Å². The standard InChI is InChI=1S/C26H28FN3O3S/c1-16(2)33-20-7-5-19(6-8-20)26(32)30-12-10-18(11-13-30)25-29-23(15-34-25)24(31)28-22-9-4-17(3)14-21(22)27/h4-9,14-16,18H,10-13H2,1-3H3,(H,28,31). The molecule has 0 spiro atoms.